The largest absolute Gasteiger partial charge is 0.490 e. The summed E-state index contributed by atoms with van der Waals surface area (Å²) in [4.78, 5) is 23.5. The fraction of sp³-hybridized carbons (Fsp3) is 0.364. The fourth-order valence-corrected chi connectivity index (χ4v) is 4.02. The minimum atomic E-state index is -0.133. The first-order valence-electron chi connectivity index (χ1n) is 9.56. The van der Waals surface area contributed by atoms with Crippen molar-refractivity contribution in [3.63, 3.8) is 0 Å². The van der Waals surface area contributed by atoms with Crippen LogP contribution >= 0.6 is 0 Å². The fourth-order valence-electron chi connectivity index (χ4n) is 4.02. The van der Waals surface area contributed by atoms with Crippen LogP contribution in [0.5, 0.6) is 5.75 Å². The Morgan fingerprint density at radius 1 is 1.11 bits per heavy atom. The summed E-state index contributed by atoms with van der Waals surface area (Å²) < 4.78 is 6.04. The van der Waals surface area contributed by atoms with E-state index in [4.69, 9.17) is 4.74 Å². The Balaban J connectivity index is 1.56. The first-order chi connectivity index (χ1) is 13.1. The van der Waals surface area contributed by atoms with Crippen molar-refractivity contribution in [1.82, 2.24) is 0 Å². The van der Waals surface area contributed by atoms with E-state index >= 15 is 0 Å². The number of benzene rings is 2. The summed E-state index contributed by atoms with van der Waals surface area (Å²) in [5.41, 5.74) is 3.60. The number of anilines is 2. The molecule has 0 bridgehead atoms. The monoisotopic (exact) mass is 364 g/mol. The number of fused-ring (bicyclic) bond motifs is 1. The molecule has 140 valence electrons. The van der Waals surface area contributed by atoms with Gasteiger partial charge in [0.05, 0.1) is 6.10 Å². The second-order valence-electron chi connectivity index (χ2n) is 7.38. The van der Waals surface area contributed by atoms with Crippen LogP contribution in [0.4, 0.5) is 11.4 Å². The molecule has 27 heavy (non-hydrogen) atoms. The van der Waals surface area contributed by atoms with Crippen molar-refractivity contribution in [2.24, 2.45) is 0 Å². The Labute approximate surface area is 159 Å². The highest BCUT2D eigenvalue weighted by Crippen LogP contribution is 2.39. The van der Waals surface area contributed by atoms with E-state index in [0.29, 0.717) is 18.2 Å². The molecule has 5 nitrogen and oxygen atoms in total. The van der Waals surface area contributed by atoms with Crippen LogP contribution in [-0.2, 0) is 9.59 Å². The molecule has 0 aromatic heterocycles. The van der Waals surface area contributed by atoms with Crippen molar-refractivity contribution in [2.75, 3.05) is 10.6 Å². The van der Waals surface area contributed by atoms with E-state index in [1.165, 1.54) is 19.8 Å². The lowest BCUT2D eigenvalue weighted by Gasteiger charge is -2.27. The lowest BCUT2D eigenvalue weighted by Crippen LogP contribution is -2.23. The van der Waals surface area contributed by atoms with Gasteiger partial charge < -0.3 is 15.4 Å². The molecule has 1 fully saturated rings. The van der Waals surface area contributed by atoms with Gasteiger partial charge in [-0.2, -0.15) is 0 Å². The summed E-state index contributed by atoms with van der Waals surface area (Å²) in [5.74, 6) is 0.748. The quantitative estimate of drug-likeness (QED) is 0.843. The Morgan fingerprint density at radius 2 is 1.85 bits per heavy atom. The third-order valence-corrected chi connectivity index (χ3v) is 5.30. The van der Waals surface area contributed by atoms with Crippen LogP contribution in [0, 0.1) is 0 Å². The van der Waals surface area contributed by atoms with Gasteiger partial charge in [0.2, 0.25) is 11.8 Å². The number of nitrogens with one attached hydrogen (secondary N) is 2. The van der Waals surface area contributed by atoms with Crippen LogP contribution in [0.25, 0.3) is 0 Å². The van der Waals surface area contributed by atoms with Crippen molar-refractivity contribution in [2.45, 2.75) is 51.0 Å². The Morgan fingerprint density at radius 3 is 2.56 bits per heavy atom. The van der Waals surface area contributed by atoms with E-state index in [1.807, 2.05) is 30.3 Å². The van der Waals surface area contributed by atoms with Crippen molar-refractivity contribution in [3.8, 4) is 5.75 Å². The maximum Gasteiger partial charge on any atom is 0.225 e. The first kappa shape index (κ1) is 17.6. The van der Waals surface area contributed by atoms with Gasteiger partial charge in [-0.3, -0.25) is 9.59 Å². The van der Waals surface area contributed by atoms with Gasteiger partial charge in [-0.1, -0.05) is 18.2 Å². The number of carbonyl (C=O) groups is 2. The van der Waals surface area contributed by atoms with Crippen LogP contribution < -0.4 is 15.4 Å². The second kappa shape index (κ2) is 7.43. The van der Waals surface area contributed by atoms with Gasteiger partial charge in [0.1, 0.15) is 5.75 Å². The smallest absolute Gasteiger partial charge is 0.225 e. The molecule has 5 heteroatoms. The van der Waals surface area contributed by atoms with Crippen LogP contribution in [0.2, 0.25) is 0 Å². The Bertz CT molecular complexity index is 854. The molecule has 2 aromatic rings. The second-order valence-corrected chi connectivity index (χ2v) is 7.38. The van der Waals surface area contributed by atoms with Crippen molar-refractivity contribution >= 4 is 23.2 Å². The molecule has 1 saturated carbocycles. The summed E-state index contributed by atoms with van der Waals surface area (Å²) in [6.45, 7) is 1.47. The van der Waals surface area contributed by atoms with Crippen LogP contribution in [0.1, 0.15) is 56.1 Å². The first-order valence-corrected chi connectivity index (χ1v) is 9.56. The summed E-state index contributed by atoms with van der Waals surface area (Å²) in [7, 11) is 0. The molecule has 1 aliphatic heterocycles. The number of ether oxygens (including phenoxy) is 1. The molecule has 2 amide bonds. The van der Waals surface area contributed by atoms with Gasteiger partial charge in [0, 0.05) is 30.6 Å². The van der Waals surface area contributed by atoms with Gasteiger partial charge in [0.25, 0.3) is 0 Å². The van der Waals surface area contributed by atoms with Crippen LogP contribution in [0.3, 0.4) is 0 Å². The lowest BCUT2D eigenvalue weighted by molar-refractivity contribution is -0.116. The number of hydrogen-bond donors (Lipinski definition) is 2. The topological polar surface area (TPSA) is 67.4 Å². The Hall–Kier alpha value is -2.82. The predicted octanol–water partition coefficient (Wildman–Crippen LogP) is 4.44. The third-order valence-electron chi connectivity index (χ3n) is 5.30. The molecule has 4 rings (SSSR count). The molecule has 2 aromatic carbocycles. The molecule has 1 heterocycles. The molecule has 0 spiro atoms. The van der Waals surface area contributed by atoms with E-state index in [2.05, 4.69) is 22.8 Å². The summed E-state index contributed by atoms with van der Waals surface area (Å²) in [5, 5.41) is 5.68. The van der Waals surface area contributed by atoms with E-state index in [9.17, 15) is 9.59 Å². The normalized spacial score (nSPS) is 19.3. The van der Waals surface area contributed by atoms with Gasteiger partial charge >= 0.3 is 0 Å². The minimum Gasteiger partial charge on any atom is -0.490 e. The highest BCUT2D eigenvalue weighted by atomic mass is 16.5. The van der Waals surface area contributed by atoms with Gasteiger partial charge in [-0.15, -0.1) is 0 Å². The number of carbonyl (C=O) groups excluding carboxylic acids is 2. The average molecular weight is 364 g/mol. The van der Waals surface area contributed by atoms with E-state index in [0.717, 1.165) is 35.4 Å². The molecule has 1 aliphatic carbocycles. The lowest BCUT2D eigenvalue weighted by atomic mass is 9.84. The SMILES string of the molecule is CC(=O)Nc1ccc2c(c1)NC(=O)CC2c1ccc(OC2CCCC2)cc1. The van der Waals surface area contributed by atoms with E-state index in [-0.39, 0.29) is 17.7 Å². The molecule has 0 saturated heterocycles. The van der Waals surface area contributed by atoms with Crippen molar-refractivity contribution in [3.05, 3.63) is 53.6 Å². The van der Waals surface area contributed by atoms with Gasteiger partial charge in [-0.05, 0) is 61.1 Å². The van der Waals surface area contributed by atoms with Crippen LogP contribution in [-0.4, -0.2) is 17.9 Å². The maximum atomic E-state index is 12.2. The van der Waals surface area contributed by atoms with Gasteiger partial charge in [0.15, 0.2) is 0 Å². The average Bonchev–Trinajstić information content (AvgIpc) is 3.14. The molecule has 2 aliphatic rings. The molecule has 1 unspecified atom stereocenters. The zero-order valence-corrected chi connectivity index (χ0v) is 15.5. The zero-order valence-electron chi connectivity index (χ0n) is 15.5. The summed E-state index contributed by atoms with van der Waals surface area (Å²) in [6.07, 6.45) is 5.51. The molecule has 0 radical (unpaired) electrons. The van der Waals surface area contributed by atoms with Gasteiger partial charge in [-0.25, -0.2) is 0 Å². The van der Waals surface area contributed by atoms with E-state index in [1.54, 1.807) is 0 Å². The Kier molecular flexibility index (Phi) is 4.84. The van der Waals surface area contributed by atoms with Crippen molar-refractivity contribution < 1.29 is 14.3 Å². The molecular formula is C22H24N2O3. The zero-order chi connectivity index (χ0) is 18.8. The molecule has 1 atom stereocenters. The summed E-state index contributed by atoms with van der Waals surface area (Å²) in [6, 6.07) is 13.8. The number of hydrogen-bond acceptors (Lipinski definition) is 3. The predicted molar refractivity (Wildman–Crippen MR) is 105 cm³/mol. The van der Waals surface area contributed by atoms with E-state index < -0.39 is 0 Å². The standard InChI is InChI=1S/C22H24N2O3/c1-14(25)23-16-8-11-19-20(13-22(26)24-21(19)12-16)15-6-9-18(10-7-15)27-17-4-2-3-5-17/h6-12,17,20H,2-5,13H2,1H3,(H,23,25)(H,24,26). The highest BCUT2D eigenvalue weighted by molar-refractivity contribution is 5.97. The van der Waals surface area contributed by atoms with Crippen molar-refractivity contribution in [1.29, 1.82) is 0 Å². The van der Waals surface area contributed by atoms with Crippen LogP contribution in [0.15, 0.2) is 42.5 Å². The molecule has 2 N–H and O–H groups in total. The summed E-state index contributed by atoms with van der Waals surface area (Å²) >= 11 is 0. The highest BCUT2D eigenvalue weighted by Gasteiger charge is 2.27. The maximum absolute atomic E-state index is 12.2. The third kappa shape index (κ3) is 3.97. The number of rotatable bonds is 4. The molecular weight excluding hydrogens is 340 g/mol. The number of amides is 2. The minimum absolute atomic E-state index is 0.000610.